The lowest BCUT2D eigenvalue weighted by Gasteiger charge is -2.25. The third-order valence-electron chi connectivity index (χ3n) is 8.91. The Morgan fingerprint density at radius 3 is 2.02 bits per heavy atom. The molecule has 3 atom stereocenters. The maximum absolute atomic E-state index is 14.2. The Kier molecular flexibility index (Phi) is 10.7. The molecule has 7 heteroatoms. The van der Waals surface area contributed by atoms with Crippen LogP contribution in [0.1, 0.15) is 41.2 Å². The normalized spacial score (nSPS) is 13.3. The van der Waals surface area contributed by atoms with Gasteiger partial charge < -0.3 is 29.8 Å². The first-order valence-electron chi connectivity index (χ1n) is 15.8. The van der Waals surface area contributed by atoms with Crippen molar-refractivity contribution in [1.82, 2.24) is 4.98 Å². The van der Waals surface area contributed by atoms with Gasteiger partial charge in [0, 0.05) is 24.7 Å². The number of hydrogen-bond donors (Lipinski definition) is 4. The fourth-order valence-corrected chi connectivity index (χ4v) is 6.41. The number of fused-ring (bicyclic) bond motifs is 1. The molecular weight excluding hydrogens is 578 g/mol. The number of aromatic hydroxyl groups is 2. The number of Topliss-reactive ketones (excluding diaryl/α,β-unsaturated/α-hetero) is 1. The summed E-state index contributed by atoms with van der Waals surface area (Å²) in [5.74, 6) is 0.150. The average molecular weight is 622 g/mol. The molecule has 0 bridgehead atoms. The van der Waals surface area contributed by atoms with E-state index in [1.54, 1.807) is 24.3 Å². The number of methoxy groups -OCH3 is 2. The first kappa shape index (κ1) is 32.6. The molecule has 7 nitrogen and oxygen atoms in total. The number of nitrogens with one attached hydrogen (secondary N) is 1. The average Bonchev–Trinajstić information content (AvgIpc) is 3.58. The van der Waals surface area contributed by atoms with E-state index in [1.165, 1.54) is 25.2 Å². The number of phenols is 2. The fourth-order valence-electron chi connectivity index (χ4n) is 6.41. The zero-order valence-electron chi connectivity index (χ0n) is 26.7. The summed E-state index contributed by atoms with van der Waals surface area (Å²) in [5.41, 5.74) is 5.13. The molecular formula is C39H43NO6. The number of aliphatic hydroxyl groups excluding tert-OH is 1. The number of ether oxygens (including phenoxy) is 2. The highest BCUT2D eigenvalue weighted by atomic mass is 16.5. The van der Waals surface area contributed by atoms with E-state index in [9.17, 15) is 20.1 Å². The van der Waals surface area contributed by atoms with E-state index in [1.807, 2.05) is 42.7 Å². The zero-order chi connectivity index (χ0) is 32.6. The van der Waals surface area contributed by atoms with Crippen LogP contribution in [0.5, 0.6) is 23.0 Å². The van der Waals surface area contributed by atoms with E-state index in [0.717, 1.165) is 34.1 Å². The number of aromatic amines is 1. The van der Waals surface area contributed by atoms with Crippen molar-refractivity contribution in [1.29, 1.82) is 0 Å². The maximum Gasteiger partial charge on any atom is 0.160 e. The van der Waals surface area contributed by atoms with Crippen LogP contribution in [0, 0.1) is 11.8 Å². The van der Waals surface area contributed by atoms with Gasteiger partial charge in [0.05, 0.1) is 20.3 Å². The summed E-state index contributed by atoms with van der Waals surface area (Å²) in [6.07, 6.45) is 5.77. The molecule has 0 spiro atoms. The monoisotopic (exact) mass is 621 g/mol. The van der Waals surface area contributed by atoms with Gasteiger partial charge in [-0.2, -0.15) is 0 Å². The smallest absolute Gasteiger partial charge is 0.160 e. The standard InChI is InChI=1S/C39H43NO6/c1-4-29-18-28(19-30-7-5-6-8-33(29)30)20-32(16-26-10-12-35(42)39(22-26)46-3)37(44)23-36(43)31(17-27-13-14-40-24-27)15-25-9-11-34(41)38(21-25)45-2/h5-14,18-19,21-22,24,31-32,36,40-43H,4,15-17,20,23H2,1-3H3/t31-,32+,36+/m0/s1. The fraction of sp³-hybridized carbons (Fsp3) is 0.308. The molecule has 1 heterocycles. The summed E-state index contributed by atoms with van der Waals surface area (Å²) < 4.78 is 10.7. The highest BCUT2D eigenvalue weighted by Gasteiger charge is 2.28. The Morgan fingerprint density at radius 2 is 1.39 bits per heavy atom. The van der Waals surface area contributed by atoms with Crippen LogP contribution in [0.25, 0.3) is 10.8 Å². The third-order valence-corrected chi connectivity index (χ3v) is 8.91. The Morgan fingerprint density at radius 1 is 0.761 bits per heavy atom. The molecule has 4 N–H and O–H groups in total. The maximum atomic E-state index is 14.2. The molecule has 0 fully saturated rings. The topological polar surface area (TPSA) is 112 Å². The SMILES string of the molecule is CCc1cc(C[C@@H](Cc2ccc(O)c(OC)c2)C(=O)C[C@@H](O)[C@H](Cc2cc[nH]c2)Cc2ccc(O)c(OC)c2)cc2ccccc12. The number of ketones is 1. The van der Waals surface area contributed by atoms with Crippen LogP contribution >= 0.6 is 0 Å². The van der Waals surface area contributed by atoms with Gasteiger partial charge in [0.2, 0.25) is 0 Å². The second-order valence-electron chi connectivity index (χ2n) is 12.1. The van der Waals surface area contributed by atoms with Crippen LogP contribution in [0.4, 0.5) is 0 Å². The van der Waals surface area contributed by atoms with Crippen LogP contribution in [0.15, 0.2) is 91.3 Å². The highest BCUT2D eigenvalue weighted by Crippen LogP contribution is 2.32. The molecule has 5 aromatic rings. The molecule has 0 unspecified atom stereocenters. The number of carbonyl (C=O) groups is 1. The lowest BCUT2D eigenvalue weighted by atomic mass is 9.81. The minimum absolute atomic E-state index is 0.00158. The Balaban J connectivity index is 1.43. The molecule has 0 aliphatic heterocycles. The van der Waals surface area contributed by atoms with E-state index < -0.39 is 12.0 Å². The molecule has 0 radical (unpaired) electrons. The third kappa shape index (κ3) is 7.90. The first-order chi connectivity index (χ1) is 22.3. The number of carbonyl (C=O) groups excluding carboxylic acids is 1. The number of aliphatic hydroxyl groups is 1. The molecule has 4 aromatic carbocycles. The van der Waals surface area contributed by atoms with Crippen LogP contribution in [-0.2, 0) is 36.9 Å². The van der Waals surface area contributed by atoms with Crippen molar-refractivity contribution in [2.24, 2.45) is 11.8 Å². The molecule has 0 saturated heterocycles. The summed E-state index contributed by atoms with van der Waals surface area (Å²) >= 11 is 0. The molecule has 0 aliphatic carbocycles. The van der Waals surface area contributed by atoms with Gasteiger partial charge in [-0.25, -0.2) is 0 Å². The Hall–Kier alpha value is -4.75. The quantitative estimate of drug-likeness (QED) is 0.100. The largest absolute Gasteiger partial charge is 0.504 e. The summed E-state index contributed by atoms with van der Waals surface area (Å²) in [6.45, 7) is 2.14. The van der Waals surface area contributed by atoms with Crippen molar-refractivity contribution in [3.63, 3.8) is 0 Å². The van der Waals surface area contributed by atoms with Crippen LogP contribution in [-0.4, -0.2) is 46.4 Å². The van der Waals surface area contributed by atoms with Crippen LogP contribution in [0.3, 0.4) is 0 Å². The van der Waals surface area contributed by atoms with Gasteiger partial charge >= 0.3 is 0 Å². The van der Waals surface area contributed by atoms with Crippen LogP contribution < -0.4 is 9.47 Å². The van der Waals surface area contributed by atoms with Gasteiger partial charge in [0.1, 0.15) is 5.78 Å². The van der Waals surface area contributed by atoms with Gasteiger partial charge in [0.25, 0.3) is 0 Å². The molecule has 0 amide bonds. The van der Waals surface area contributed by atoms with Crippen molar-refractivity contribution in [3.8, 4) is 23.0 Å². The number of H-pyrrole nitrogens is 1. The van der Waals surface area contributed by atoms with E-state index >= 15 is 0 Å². The minimum atomic E-state index is -0.901. The van der Waals surface area contributed by atoms with Crippen molar-refractivity contribution < 1.29 is 29.6 Å². The molecule has 0 saturated carbocycles. The number of hydrogen-bond acceptors (Lipinski definition) is 6. The number of phenolic OH excluding ortho intramolecular Hbond substituents is 2. The summed E-state index contributed by atoms with van der Waals surface area (Å²) in [5, 5.41) is 34.3. The van der Waals surface area contributed by atoms with Crippen molar-refractivity contribution in [3.05, 3.63) is 119 Å². The van der Waals surface area contributed by atoms with Gasteiger partial charge in [-0.1, -0.05) is 55.5 Å². The predicted octanol–water partition coefficient (Wildman–Crippen LogP) is 6.98. The van der Waals surface area contributed by atoms with Crippen molar-refractivity contribution in [2.75, 3.05) is 14.2 Å². The Bertz CT molecular complexity index is 1760. The second-order valence-corrected chi connectivity index (χ2v) is 12.1. The number of aromatic nitrogens is 1. The molecule has 5 rings (SSSR count). The number of aryl methyl sites for hydroxylation is 1. The van der Waals surface area contributed by atoms with E-state index in [0.29, 0.717) is 37.2 Å². The highest BCUT2D eigenvalue weighted by molar-refractivity contribution is 5.87. The lowest BCUT2D eigenvalue weighted by molar-refractivity contribution is -0.125. The van der Waals surface area contributed by atoms with Gasteiger partial charge in [-0.15, -0.1) is 0 Å². The molecule has 46 heavy (non-hydrogen) atoms. The lowest BCUT2D eigenvalue weighted by Crippen LogP contribution is -2.31. The number of rotatable bonds is 15. The van der Waals surface area contributed by atoms with E-state index in [-0.39, 0.29) is 29.6 Å². The predicted molar refractivity (Wildman–Crippen MR) is 181 cm³/mol. The zero-order valence-corrected chi connectivity index (χ0v) is 26.7. The van der Waals surface area contributed by atoms with Gasteiger partial charge in [-0.05, 0) is 107 Å². The van der Waals surface area contributed by atoms with Crippen molar-refractivity contribution in [2.45, 2.75) is 51.6 Å². The van der Waals surface area contributed by atoms with Crippen LogP contribution in [0.2, 0.25) is 0 Å². The van der Waals surface area contributed by atoms with E-state index in [2.05, 4.69) is 36.2 Å². The van der Waals surface area contributed by atoms with Gasteiger partial charge in [-0.3, -0.25) is 4.79 Å². The molecule has 0 aliphatic rings. The van der Waals surface area contributed by atoms with Crippen molar-refractivity contribution >= 4 is 16.6 Å². The molecule has 240 valence electrons. The summed E-state index contributed by atoms with van der Waals surface area (Å²) in [4.78, 5) is 17.3. The number of benzene rings is 4. The molecule has 1 aromatic heterocycles. The summed E-state index contributed by atoms with van der Waals surface area (Å²) in [6, 6.07) is 25.0. The second kappa shape index (κ2) is 15.0. The van der Waals surface area contributed by atoms with Gasteiger partial charge in [0.15, 0.2) is 23.0 Å². The first-order valence-corrected chi connectivity index (χ1v) is 15.8. The Labute approximate surface area is 270 Å². The summed E-state index contributed by atoms with van der Waals surface area (Å²) in [7, 11) is 3.01. The van der Waals surface area contributed by atoms with E-state index in [4.69, 9.17) is 9.47 Å². The minimum Gasteiger partial charge on any atom is -0.504 e.